The van der Waals surface area contributed by atoms with Crippen LogP contribution in [0.5, 0.6) is 0 Å². The molecule has 1 unspecified atom stereocenters. The van der Waals surface area contributed by atoms with Crippen molar-refractivity contribution in [3.63, 3.8) is 0 Å². The molecule has 0 saturated carbocycles. The number of likely N-dealkylation sites (tertiary alicyclic amines) is 1. The maximum Gasteiger partial charge on any atom is 0.417 e. The van der Waals surface area contributed by atoms with Gasteiger partial charge >= 0.3 is 12.3 Å². The van der Waals surface area contributed by atoms with Gasteiger partial charge in [-0.25, -0.2) is 17.5 Å². The van der Waals surface area contributed by atoms with E-state index in [0.29, 0.717) is 22.8 Å². The van der Waals surface area contributed by atoms with Gasteiger partial charge in [-0.1, -0.05) is 36.4 Å². The highest BCUT2D eigenvalue weighted by atomic mass is 32.2. The quantitative estimate of drug-likeness (QED) is 0.319. The van der Waals surface area contributed by atoms with E-state index in [0.717, 1.165) is 21.3 Å². The van der Waals surface area contributed by atoms with Crippen molar-refractivity contribution in [2.45, 2.75) is 35.9 Å². The summed E-state index contributed by atoms with van der Waals surface area (Å²) in [5, 5.41) is 32.8. The number of rotatable bonds is 8. The molecule has 10 nitrogen and oxygen atoms in total. The molecule has 0 spiro atoms. The summed E-state index contributed by atoms with van der Waals surface area (Å²) in [6.07, 6.45) is -6.01. The first-order valence-corrected chi connectivity index (χ1v) is 15.2. The molecule has 45 heavy (non-hydrogen) atoms. The molecular weight excluding hydrogens is 613 g/mol. The number of anilines is 1. The highest BCUT2D eigenvalue weighted by molar-refractivity contribution is 7.89. The molecule has 0 aliphatic carbocycles. The molecule has 0 radical (unpaired) electrons. The Balaban J connectivity index is 1.66. The third-order valence-electron chi connectivity index (χ3n) is 7.90. The molecule has 1 heterocycles. The number of piperidine rings is 1. The number of alkyl halides is 3. The number of halogens is 3. The predicted molar refractivity (Wildman–Crippen MR) is 159 cm³/mol. The van der Waals surface area contributed by atoms with Crippen LogP contribution < -0.4 is 5.32 Å². The zero-order valence-electron chi connectivity index (χ0n) is 24.4. The molecule has 0 bridgehead atoms. The molecule has 238 valence electrons. The van der Waals surface area contributed by atoms with Gasteiger partial charge in [0.1, 0.15) is 5.60 Å². The Hall–Kier alpha value is -4.45. The molecule has 4 rings (SSSR count). The van der Waals surface area contributed by atoms with E-state index in [4.69, 9.17) is 5.26 Å². The van der Waals surface area contributed by atoms with Gasteiger partial charge in [0.05, 0.1) is 22.1 Å². The average molecular weight is 645 g/mol. The van der Waals surface area contributed by atoms with Gasteiger partial charge in [0, 0.05) is 45.2 Å². The van der Waals surface area contributed by atoms with Crippen molar-refractivity contribution in [1.29, 1.82) is 5.26 Å². The second-order valence-corrected chi connectivity index (χ2v) is 13.1. The maximum atomic E-state index is 13.7. The number of carbonyl (C=O) groups is 2. The van der Waals surface area contributed by atoms with Crippen LogP contribution in [0.3, 0.4) is 0 Å². The summed E-state index contributed by atoms with van der Waals surface area (Å²) in [6.45, 7) is 0.0971. The van der Waals surface area contributed by atoms with Gasteiger partial charge in [0.25, 0.3) is 5.91 Å². The van der Waals surface area contributed by atoms with Crippen LogP contribution in [0.4, 0.5) is 23.7 Å². The number of hydrogen-bond donors (Lipinski definition) is 3. The Morgan fingerprint density at radius 2 is 1.67 bits per heavy atom. The van der Waals surface area contributed by atoms with E-state index >= 15 is 0 Å². The minimum Gasteiger partial charge on any atom is -0.465 e. The van der Waals surface area contributed by atoms with Crippen molar-refractivity contribution in [1.82, 2.24) is 9.21 Å². The fourth-order valence-corrected chi connectivity index (χ4v) is 6.26. The molecule has 0 aromatic heterocycles. The predicted octanol–water partition coefficient (Wildman–Crippen LogP) is 4.80. The lowest BCUT2D eigenvalue weighted by molar-refractivity contribution is -0.142. The van der Waals surface area contributed by atoms with Gasteiger partial charge in [-0.2, -0.15) is 18.4 Å². The van der Waals surface area contributed by atoms with Crippen molar-refractivity contribution in [3.05, 3.63) is 83.4 Å². The van der Waals surface area contributed by atoms with Gasteiger partial charge in [0.15, 0.2) is 0 Å². The van der Waals surface area contributed by atoms with E-state index in [-0.39, 0.29) is 42.9 Å². The molecule has 1 aliphatic heterocycles. The van der Waals surface area contributed by atoms with Crippen LogP contribution in [-0.2, 0) is 27.4 Å². The Labute approximate surface area is 258 Å². The van der Waals surface area contributed by atoms with E-state index in [2.05, 4.69) is 5.32 Å². The van der Waals surface area contributed by atoms with Crippen LogP contribution in [0.2, 0.25) is 0 Å². The number of aliphatic hydroxyl groups is 1. The van der Waals surface area contributed by atoms with E-state index in [1.807, 2.05) is 0 Å². The standard InChI is InChI=1S/C31H31F3N4O6S/c1-37(2)45(43,44)26-10-7-21(8-11-26)22-5-3-4-20(16-22)18-30(42,24-12-14-38(15-13-24)29(40)41)28(39)36-25-9-6-23(19-35)27(17-25)31(32,33)34/h3-11,16-17,24,42H,12-15,18H2,1-2H3,(H,36,39)(H,40,41). The topological polar surface area (TPSA) is 151 Å². The van der Waals surface area contributed by atoms with Crippen molar-refractivity contribution >= 4 is 27.7 Å². The summed E-state index contributed by atoms with van der Waals surface area (Å²) < 4.78 is 66.7. The lowest BCUT2D eigenvalue weighted by Gasteiger charge is -2.40. The number of sulfonamides is 1. The monoisotopic (exact) mass is 644 g/mol. The molecule has 3 aromatic rings. The largest absolute Gasteiger partial charge is 0.465 e. The third-order valence-corrected chi connectivity index (χ3v) is 9.73. The summed E-state index contributed by atoms with van der Waals surface area (Å²) in [7, 11) is -0.797. The summed E-state index contributed by atoms with van der Waals surface area (Å²) >= 11 is 0. The van der Waals surface area contributed by atoms with Crippen molar-refractivity contribution < 1.29 is 41.4 Å². The molecule has 1 aliphatic rings. The Morgan fingerprint density at radius 1 is 1.02 bits per heavy atom. The molecule has 2 amide bonds. The van der Waals surface area contributed by atoms with Crippen molar-refractivity contribution in [2.75, 3.05) is 32.5 Å². The molecule has 3 aromatic carbocycles. The van der Waals surface area contributed by atoms with Crippen LogP contribution >= 0.6 is 0 Å². The van der Waals surface area contributed by atoms with Crippen LogP contribution in [0.25, 0.3) is 11.1 Å². The average Bonchev–Trinajstić information content (AvgIpc) is 3.00. The molecule has 1 atom stereocenters. The smallest absolute Gasteiger partial charge is 0.417 e. The number of carboxylic acid groups (broad SMARTS) is 1. The highest BCUT2D eigenvalue weighted by Gasteiger charge is 2.46. The number of hydrogen-bond acceptors (Lipinski definition) is 6. The van der Waals surface area contributed by atoms with Crippen molar-refractivity contribution in [2.24, 2.45) is 5.92 Å². The van der Waals surface area contributed by atoms with E-state index in [1.165, 1.54) is 32.3 Å². The minimum absolute atomic E-state index is 0.0485. The maximum absolute atomic E-state index is 13.7. The molecule has 1 fully saturated rings. The fourth-order valence-electron chi connectivity index (χ4n) is 5.35. The lowest BCUT2D eigenvalue weighted by atomic mass is 9.76. The number of nitrogens with one attached hydrogen (secondary N) is 1. The van der Waals surface area contributed by atoms with Crippen LogP contribution in [0.1, 0.15) is 29.5 Å². The number of nitrogens with zero attached hydrogens (tertiary/aromatic N) is 3. The summed E-state index contributed by atoms with van der Waals surface area (Å²) in [6, 6.07) is 17.2. The molecule has 14 heteroatoms. The van der Waals surface area contributed by atoms with Gasteiger partial charge in [-0.05, 0) is 59.9 Å². The van der Waals surface area contributed by atoms with E-state index in [1.54, 1.807) is 36.4 Å². The van der Waals surface area contributed by atoms with Gasteiger partial charge < -0.3 is 20.4 Å². The normalized spacial score (nSPS) is 15.7. The van der Waals surface area contributed by atoms with Gasteiger partial charge in [-0.3, -0.25) is 4.79 Å². The zero-order chi connectivity index (χ0) is 33.2. The van der Waals surface area contributed by atoms with Gasteiger partial charge in [0.2, 0.25) is 10.0 Å². The van der Waals surface area contributed by atoms with Crippen LogP contribution in [0, 0.1) is 17.2 Å². The number of amides is 2. The Morgan fingerprint density at radius 3 is 2.22 bits per heavy atom. The fraction of sp³-hybridized carbons (Fsp3) is 0.323. The summed E-state index contributed by atoms with van der Waals surface area (Å²) in [4.78, 5) is 26.4. The first-order chi connectivity index (χ1) is 21.1. The third kappa shape index (κ3) is 7.28. The second-order valence-electron chi connectivity index (χ2n) is 11.0. The van der Waals surface area contributed by atoms with Crippen LogP contribution in [0.15, 0.2) is 71.6 Å². The summed E-state index contributed by atoms with van der Waals surface area (Å²) in [5.41, 5.74) is -2.46. The first-order valence-electron chi connectivity index (χ1n) is 13.8. The number of carbonyl (C=O) groups excluding carboxylic acids is 1. The Bertz CT molecular complexity index is 1730. The van der Waals surface area contributed by atoms with Gasteiger partial charge in [-0.15, -0.1) is 0 Å². The molecule has 1 saturated heterocycles. The molecular formula is C31H31F3N4O6S. The Kier molecular flexibility index (Phi) is 9.57. The van der Waals surface area contributed by atoms with Crippen molar-refractivity contribution in [3.8, 4) is 17.2 Å². The first kappa shape index (κ1) is 33.4. The SMILES string of the molecule is CN(C)S(=O)(=O)c1ccc(-c2cccc(CC(O)(C(=O)Nc3ccc(C#N)c(C(F)(F)F)c3)C3CCN(C(=O)O)CC3)c2)cc1. The molecule has 3 N–H and O–H groups in total. The summed E-state index contributed by atoms with van der Waals surface area (Å²) in [5.74, 6) is -1.72. The minimum atomic E-state index is -4.86. The van der Waals surface area contributed by atoms with E-state index in [9.17, 15) is 41.4 Å². The second kappa shape index (κ2) is 12.9. The number of nitriles is 1. The number of benzene rings is 3. The highest BCUT2D eigenvalue weighted by Crippen LogP contribution is 2.36. The zero-order valence-corrected chi connectivity index (χ0v) is 25.2. The van der Waals surface area contributed by atoms with E-state index < -0.39 is 50.8 Å². The van der Waals surface area contributed by atoms with Crippen LogP contribution in [-0.4, -0.2) is 72.6 Å². The lowest BCUT2D eigenvalue weighted by Crippen LogP contribution is -2.54.